The second kappa shape index (κ2) is 37.5. The van der Waals surface area contributed by atoms with Gasteiger partial charge >= 0.3 is 24.5 Å². The predicted octanol–water partition coefficient (Wildman–Crippen LogP) is 8.04. The van der Waals surface area contributed by atoms with E-state index >= 15 is 0 Å². The number of nitrogens with two attached hydrogens (primary N) is 1. The van der Waals surface area contributed by atoms with Crippen LogP contribution in [-0.2, 0) is 47.5 Å². The monoisotopic (exact) mass is 1150 g/mol. The molecule has 3 N–H and O–H groups in total. The van der Waals surface area contributed by atoms with Crippen molar-refractivity contribution in [3.05, 3.63) is 0 Å². The highest BCUT2D eigenvalue weighted by atomic mass is 19.4. The first-order valence-electron chi connectivity index (χ1n) is 28.7. The van der Waals surface area contributed by atoms with Crippen molar-refractivity contribution in [2.45, 2.75) is 226 Å². The summed E-state index contributed by atoms with van der Waals surface area (Å²) >= 11 is 0. The molecule has 8 rings (SSSR count). The first-order chi connectivity index (χ1) is 37.0. The van der Waals surface area contributed by atoms with E-state index < -0.39 is 29.3 Å². The molecule has 0 aromatic heterocycles. The van der Waals surface area contributed by atoms with Crippen LogP contribution in [0.15, 0.2) is 0 Å². The minimum Gasteiger partial charge on any atom is -0.444 e. The number of ether oxygens (including phenoxy) is 7. The van der Waals surface area contributed by atoms with E-state index in [1.165, 1.54) is 45.6 Å². The first-order valence-corrected chi connectivity index (χ1v) is 28.7. The van der Waals surface area contributed by atoms with Crippen molar-refractivity contribution in [2.75, 3.05) is 105 Å². The summed E-state index contributed by atoms with van der Waals surface area (Å²) < 4.78 is 67.7. The third kappa shape index (κ3) is 31.6. The molecule has 7 aliphatic heterocycles. The van der Waals surface area contributed by atoms with Gasteiger partial charge in [-0.25, -0.2) is 14.4 Å². The van der Waals surface area contributed by atoms with Gasteiger partial charge in [0.05, 0.1) is 77.0 Å². The highest BCUT2D eigenvalue weighted by molar-refractivity contribution is 5.81. The lowest BCUT2D eigenvalue weighted by atomic mass is 9.93. The van der Waals surface area contributed by atoms with Crippen LogP contribution in [0.1, 0.15) is 161 Å². The number of likely N-dealkylation sites (tertiary alicyclic amines) is 3. The van der Waals surface area contributed by atoms with E-state index in [1.54, 1.807) is 9.80 Å². The lowest BCUT2D eigenvalue weighted by Crippen LogP contribution is -2.56. The van der Waals surface area contributed by atoms with Crippen LogP contribution in [0.3, 0.4) is 0 Å². The summed E-state index contributed by atoms with van der Waals surface area (Å²) in [5.41, 5.74) is 3.98. The number of nitrogens with one attached hydrogen (secondary N) is 1. The van der Waals surface area contributed by atoms with Gasteiger partial charge in [-0.15, -0.1) is 0 Å². The summed E-state index contributed by atoms with van der Waals surface area (Å²) in [7, 11) is 0. The molecule has 0 spiro atoms. The third-order valence-electron chi connectivity index (χ3n) is 13.6. The molecule has 468 valence electrons. The Morgan fingerprint density at radius 2 is 0.875 bits per heavy atom. The second-order valence-corrected chi connectivity index (χ2v) is 23.9. The Kier molecular flexibility index (Phi) is 34.8. The minimum absolute atomic E-state index is 0. The summed E-state index contributed by atoms with van der Waals surface area (Å²) in [5, 5.41) is 3.56. The number of carbonyl (C=O) groups excluding carboxylic acids is 6. The smallest absolute Gasteiger partial charge is 0.444 e. The maximum Gasteiger partial charge on any atom is 0.446 e. The van der Waals surface area contributed by atoms with Crippen molar-refractivity contribution in [1.82, 2.24) is 29.8 Å². The molecule has 3 amide bonds. The summed E-state index contributed by atoms with van der Waals surface area (Å²) in [4.78, 5) is 74.3. The van der Waals surface area contributed by atoms with E-state index in [4.69, 9.17) is 48.5 Å². The van der Waals surface area contributed by atoms with Gasteiger partial charge < -0.3 is 63.7 Å². The normalized spacial score (nSPS) is 20.7. The zero-order chi connectivity index (χ0) is 59.4. The van der Waals surface area contributed by atoms with Crippen molar-refractivity contribution in [3.8, 4) is 0 Å². The Morgan fingerprint density at radius 1 is 0.562 bits per heavy atom. The number of ketones is 1. The molecule has 20 nitrogen and oxygen atoms in total. The molecule has 80 heavy (non-hydrogen) atoms. The number of hydrogen-bond acceptors (Lipinski definition) is 17. The number of Topliss-reactive ketones (excluding diaryl/α,β-unsaturated/α-hetero) is 1. The molecular weight excluding hydrogens is 1050 g/mol. The van der Waals surface area contributed by atoms with E-state index in [0.29, 0.717) is 56.1 Å². The number of carbonyl (C=O) groups is 6. The Morgan fingerprint density at radius 3 is 1.14 bits per heavy atom. The number of rotatable bonds is 8. The molecule has 8 aliphatic rings. The van der Waals surface area contributed by atoms with Crippen LogP contribution in [0.25, 0.3) is 0 Å². The van der Waals surface area contributed by atoms with Crippen LogP contribution < -0.4 is 11.1 Å². The number of nitrogens with zero attached hydrogens (tertiary/aromatic N) is 5. The van der Waals surface area contributed by atoms with Gasteiger partial charge in [-0.3, -0.25) is 19.4 Å². The molecule has 0 bridgehead atoms. The third-order valence-corrected chi connectivity index (χ3v) is 13.6. The van der Waals surface area contributed by atoms with Gasteiger partial charge in [-0.1, -0.05) is 40.5 Å². The zero-order valence-electron chi connectivity index (χ0n) is 50.0. The lowest BCUT2D eigenvalue weighted by Gasteiger charge is -2.44. The average Bonchev–Trinajstić information content (AvgIpc) is 3.32. The Bertz CT molecular complexity index is 1740. The molecule has 0 aromatic carbocycles. The van der Waals surface area contributed by atoms with Gasteiger partial charge in [0.15, 0.2) is 0 Å². The molecule has 0 unspecified atom stereocenters. The van der Waals surface area contributed by atoms with Gasteiger partial charge in [-0.2, -0.15) is 13.2 Å². The van der Waals surface area contributed by atoms with E-state index in [0.717, 1.165) is 130 Å². The SMILES string of the molecule is C.CC(C)(C)OC(=O)N1CCC(=O)CC1.CC(C)(C)OC(=O)N1CCC(NC2COC2)CC1.CC=O.CCN(C1CCCCC1)C1COC1.CCN(C1CCN(C(=O)OC(C)(C)C)CC1)C1COC1.NC1COC1.O=CC(F)(F)F. The number of likely N-dealkylation sites (N-methyl/N-ethyl adjacent to an activating group) is 2. The molecule has 0 aromatic rings. The van der Waals surface area contributed by atoms with Gasteiger partial charge in [0.2, 0.25) is 6.29 Å². The Labute approximate surface area is 477 Å². The predicted molar refractivity (Wildman–Crippen MR) is 302 cm³/mol. The zero-order valence-corrected chi connectivity index (χ0v) is 50.0. The van der Waals surface area contributed by atoms with E-state index in [-0.39, 0.29) is 31.5 Å². The molecule has 23 heteroatoms. The van der Waals surface area contributed by atoms with Crippen molar-refractivity contribution in [3.63, 3.8) is 0 Å². The molecule has 1 saturated carbocycles. The number of alkyl halides is 3. The van der Waals surface area contributed by atoms with Gasteiger partial charge in [0.1, 0.15) is 28.9 Å². The quantitative estimate of drug-likeness (QED) is 0.173. The van der Waals surface area contributed by atoms with E-state index in [1.807, 2.05) is 67.2 Å². The number of aldehydes is 2. The molecule has 7 saturated heterocycles. The Balaban J connectivity index is 0.000000495. The fourth-order valence-electron chi connectivity index (χ4n) is 9.32. The fourth-order valence-corrected chi connectivity index (χ4v) is 9.32. The van der Waals surface area contributed by atoms with Crippen molar-refractivity contribution in [2.24, 2.45) is 5.73 Å². The van der Waals surface area contributed by atoms with Crippen LogP contribution >= 0.6 is 0 Å². The van der Waals surface area contributed by atoms with Crippen molar-refractivity contribution < 1.29 is 75.1 Å². The molecule has 0 atom stereocenters. The number of piperidine rings is 3. The van der Waals surface area contributed by atoms with Gasteiger partial charge in [0.25, 0.3) is 0 Å². The highest BCUT2D eigenvalue weighted by Gasteiger charge is 2.36. The van der Waals surface area contributed by atoms with Crippen LogP contribution in [0.4, 0.5) is 27.6 Å². The number of amides is 3. The minimum atomic E-state index is -4.64. The summed E-state index contributed by atoms with van der Waals surface area (Å²) in [6.07, 6.45) is 6.52. The maximum atomic E-state index is 12.0. The first kappa shape index (κ1) is 74.3. The molecule has 0 radical (unpaired) electrons. The number of halogens is 3. The summed E-state index contributed by atoms with van der Waals surface area (Å²) in [6.45, 7) is 36.1. The average molecular weight is 1150 g/mol. The highest BCUT2D eigenvalue weighted by Crippen LogP contribution is 2.27. The Hall–Kier alpha value is -3.71. The standard InChI is InChI=1S/C15H28N2O3.C13H24N2O3.C11H21NO.C10H17NO3.C3H7NO.C2HF3O.C2H4O.CH4/c1-5-17(13-10-19-11-13)12-6-8-16(9-7-12)14(18)20-15(2,3)4;1-13(2,3)18-12(16)15-6-4-10(5-7-15)14-11-8-17-9-11;1-2-12(11-8-13-9-11)10-6-4-3-5-7-10;1-10(2,3)14-9(13)11-6-4-8(12)5-7-11;4-3-1-5-2-3;3-2(4,5)1-6;1-2-3;/h12-13H,5-11H2,1-4H3;10-11,14H,4-9H2,1-3H3;10-11H,2-9H2,1H3;4-7H2,1-3H3;3H,1-2,4H2;1H;2H,1H3;1H4. The van der Waals surface area contributed by atoms with E-state index in [9.17, 15) is 32.3 Å². The van der Waals surface area contributed by atoms with Gasteiger partial charge in [0, 0.05) is 70.2 Å². The van der Waals surface area contributed by atoms with Crippen molar-refractivity contribution >= 4 is 36.6 Å². The molecule has 7 heterocycles. The molecule has 1 aliphatic carbocycles. The fraction of sp³-hybridized carbons (Fsp3) is 0.895. The lowest BCUT2D eigenvalue weighted by molar-refractivity contribution is -0.156. The van der Waals surface area contributed by atoms with E-state index in [2.05, 4.69) is 29.0 Å². The van der Waals surface area contributed by atoms with Crippen LogP contribution in [0.5, 0.6) is 0 Å². The second-order valence-electron chi connectivity index (χ2n) is 23.9. The van der Waals surface area contributed by atoms with Crippen LogP contribution in [-0.4, -0.2) is 232 Å². The summed E-state index contributed by atoms with van der Waals surface area (Å²) in [5.74, 6) is 0.227. The van der Waals surface area contributed by atoms with Crippen molar-refractivity contribution in [1.29, 1.82) is 0 Å². The number of hydrogen-bond donors (Lipinski definition) is 2. The van der Waals surface area contributed by atoms with Crippen LogP contribution in [0.2, 0.25) is 0 Å². The maximum absolute atomic E-state index is 12.0. The molecule has 8 fully saturated rings. The molecular formula is C57H106F3N7O13. The summed E-state index contributed by atoms with van der Waals surface area (Å²) in [6, 6.07) is 4.14. The largest absolute Gasteiger partial charge is 0.446 e. The van der Waals surface area contributed by atoms with Gasteiger partial charge in [-0.05, 0) is 121 Å². The van der Waals surface area contributed by atoms with Crippen LogP contribution in [0, 0.1) is 0 Å². The topological polar surface area (TPSA) is 221 Å².